The molecule has 10 atom stereocenters. The lowest BCUT2D eigenvalue weighted by Crippen LogP contribution is -2.68. The number of ether oxygens (including phenoxy) is 7. The van der Waals surface area contributed by atoms with Gasteiger partial charge in [-0.2, -0.15) is 0 Å². The molecule has 2 aliphatic heterocycles. The van der Waals surface area contributed by atoms with Crippen LogP contribution in [0.1, 0.15) is 34.6 Å². The molecule has 0 unspecified atom stereocenters. The van der Waals surface area contributed by atoms with E-state index in [1.54, 1.807) is 0 Å². The van der Waals surface area contributed by atoms with Crippen LogP contribution in [0.2, 0.25) is 0 Å². The minimum atomic E-state index is -1.75. The first-order valence-corrected chi connectivity index (χ1v) is 11.6. The van der Waals surface area contributed by atoms with Gasteiger partial charge in [0, 0.05) is 34.6 Å². The van der Waals surface area contributed by atoms with Crippen LogP contribution in [0.5, 0.6) is 0 Å². The smallest absolute Gasteiger partial charge is 0.303 e. The minimum Gasteiger partial charge on any atom is -0.463 e. The van der Waals surface area contributed by atoms with Gasteiger partial charge in [-0.15, -0.1) is 0 Å². The fraction of sp³-hybridized carbons (Fsp3) is 0.773. The first-order chi connectivity index (χ1) is 17.7. The van der Waals surface area contributed by atoms with Crippen LogP contribution in [-0.2, 0) is 57.1 Å². The highest BCUT2D eigenvalue weighted by Gasteiger charge is 2.55. The molecule has 2 fully saturated rings. The van der Waals surface area contributed by atoms with Gasteiger partial charge in [-0.1, -0.05) is 0 Å². The summed E-state index contributed by atoms with van der Waals surface area (Å²) < 4.78 is 37.7. The maximum absolute atomic E-state index is 12.0. The zero-order valence-corrected chi connectivity index (χ0v) is 21.4. The predicted molar refractivity (Wildman–Crippen MR) is 118 cm³/mol. The van der Waals surface area contributed by atoms with E-state index >= 15 is 0 Å². The number of amides is 1. The Morgan fingerprint density at radius 3 is 1.79 bits per heavy atom. The van der Waals surface area contributed by atoms with E-state index in [0.29, 0.717) is 0 Å². The van der Waals surface area contributed by atoms with Gasteiger partial charge in [0.2, 0.25) is 5.91 Å². The first-order valence-electron chi connectivity index (χ1n) is 11.6. The molecule has 1 amide bonds. The van der Waals surface area contributed by atoms with Gasteiger partial charge < -0.3 is 53.8 Å². The van der Waals surface area contributed by atoms with Crippen molar-refractivity contribution in [1.29, 1.82) is 0 Å². The molecular weight excluding hydrogens is 518 g/mol. The third-order valence-corrected chi connectivity index (χ3v) is 5.48. The number of carbonyl (C=O) groups excluding carboxylic acids is 5. The zero-order chi connectivity index (χ0) is 28.7. The summed E-state index contributed by atoms with van der Waals surface area (Å²) in [5.74, 6) is -3.94. The molecule has 0 aromatic heterocycles. The molecule has 4 N–H and O–H groups in total. The average Bonchev–Trinajstić information content (AvgIpc) is 2.79. The Hall–Kier alpha value is -2.89. The number of esters is 4. The molecule has 0 aliphatic carbocycles. The molecule has 2 saturated heterocycles. The summed E-state index contributed by atoms with van der Waals surface area (Å²) >= 11 is 0. The average molecular weight is 551 g/mol. The van der Waals surface area contributed by atoms with Gasteiger partial charge in [0.15, 0.2) is 30.9 Å². The van der Waals surface area contributed by atoms with Gasteiger partial charge in [-0.05, 0) is 0 Å². The number of aliphatic hydroxyl groups excluding tert-OH is 3. The summed E-state index contributed by atoms with van der Waals surface area (Å²) in [6.45, 7) is 4.10. The van der Waals surface area contributed by atoms with Crippen LogP contribution < -0.4 is 5.32 Å². The summed E-state index contributed by atoms with van der Waals surface area (Å²) in [7, 11) is 0. The molecule has 216 valence electrons. The molecule has 2 aliphatic rings. The standard InChI is InChI=1S/C22H33NO15/c1-8(25)23-15-18(16(30)13(6-24)36-21(15)31)38-22-20(35-12(5)29)19(34-11(4)28)17(33-10(3)27)14(37-22)7-32-9(2)26/h13-22,24,30-31H,6-7H2,1-5H3,(H,23,25)/t13-,14+,15+,16-,17+,18+,19+,20+,21-,22+/m1/s1. The Bertz CT molecular complexity index is 881. The fourth-order valence-electron chi connectivity index (χ4n) is 4.09. The van der Waals surface area contributed by atoms with Crippen molar-refractivity contribution in [3.63, 3.8) is 0 Å². The maximum atomic E-state index is 12.0. The van der Waals surface area contributed by atoms with Crippen LogP contribution in [-0.4, -0.2) is 120 Å². The predicted octanol–water partition coefficient (Wildman–Crippen LogP) is -2.97. The number of hydrogen-bond acceptors (Lipinski definition) is 15. The van der Waals surface area contributed by atoms with Crippen molar-refractivity contribution < 1.29 is 72.5 Å². The van der Waals surface area contributed by atoms with Crippen molar-refractivity contribution in [3.05, 3.63) is 0 Å². The molecule has 0 bridgehead atoms. The van der Waals surface area contributed by atoms with Crippen molar-refractivity contribution in [3.8, 4) is 0 Å². The van der Waals surface area contributed by atoms with Crippen LogP contribution in [0.15, 0.2) is 0 Å². The number of aliphatic hydroxyl groups is 3. The molecule has 2 rings (SSSR count). The van der Waals surface area contributed by atoms with E-state index < -0.39 is 104 Å². The molecule has 0 saturated carbocycles. The Balaban J connectivity index is 2.54. The summed E-state index contributed by atoms with van der Waals surface area (Å²) in [6, 6.07) is -1.41. The second-order valence-corrected chi connectivity index (χ2v) is 8.63. The first kappa shape index (κ1) is 31.3. The van der Waals surface area contributed by atoms with Gasteiger partial charge >= 0.3 is 23.9 Å². The summed E-state index contributed by atoms with van der Waals surface area (Å²) in [5.41, 5.74) is 0. The van der Waals surface area contributed by atoms with Crippen molar-refractivity contribution >= 4 is 29.8 Å². The zero-order valence-electron chi connectivity index (χ0n) is 21.4. The third-order valence-electron chi connectivity index (χ3n) is 5.48. The van der Waals surface area contributed by atoms with Crippen molar-refractivity contribution in [1.82, 2.24) is 5.32 Å². The lowest BCUT2D eigenvalue weighted by Gasteiger charge is -2.48. The van der Waals surface area contributed by atoms with Crippen LogP contribution in [0.25, 0.3) is 0 Å². The Morgan fingerprint density at radius 1 is 0.737 bits per heavy atom. The Morgan fingerprint density at radius 2 is 1.29 bits per heavy atom. The number of rotatable bonds is 9. The Labute approximate surface area is 217 Å². The van der Waals surface area contributed by atoms with Crippen LogP contribution in [0.3, 0.4) is 0 Å². The molecule has 38 heavy (non-hydrogen) atoms. The normalized spacial score (nSPS) is 34.9. The summed E-state index contributed by atoms with van der Waals surface area (Å²) in [4.78, 5) is 59.0. The molecule has 0 spiro atoms. The molecule has 0 aromatic carbocycles. The molecule has 0 aromatic rings. The second-order valence-electron chi connectivity index (χ2n) is 8.63. The molecule has 16 nitrogen and oxygen atoms in total. The van der Waals surface area contributed by atoms with Gasteiger partial charge in [-0.3, -0.25) is 24.0 Å². The fourth-order valence-corrected chi connectivity index (χ4v) is 4.09. The summed E-state index contributed by atoms with van der Waals surface area (Å²) in [6.07, 6.45) is -14.0. The van der Waals surface area contributed by atoms with Gasteiger partial charge in [0.1, 0.15) is 37.1 Å². The van der Waals surface area contributed by atoms with E-state index in [2.05, 4.69) is 5.32 Å². The van der Waals surface area contributed by atoms with Gasteiger partial charge in [-0.25, -0.2) is 0 Å². The van der Waals surface area contributed by atoms with Gasteiger partial charge in [0.05, 0.1) is 6.61 Å². The lowest BCUT2D eigenvalue weighted by molar-refractivity contribution is -0.343. The van der Waals surface area contributed by atoms with Crippen LogP contribution in [0, 0.1) is 0 Å². The van der Waals surface area contributed by atoms with E-state index in [9.17, 15) is 39.3 Å². The summed E-state index contributed by atoms with van der Waals surface area (Å²) in [5, 5.41) is 33.1. The van der Waals surface area contributed by atoms with Crippen molar-refractivity contribution in [2.24, 2.45) is 0 Å². The highest BCUT2D eigenvalue weighted by Crippen LogP contribution is 2.33. The Kier molecular flexibility index (Phi) is 11.4. The number of hydrogen-bond donors (Lipinski definition) is 4. The minimum absolute atomic E-state index is 0.523. The molecule has 0 radical (unpaired) electrons. The number of nitrogens with one attached hydrogen (secondary N) is 1. The van der Waals surface area contributed by atoms with Crippen LogP contribution >= 0.6 is 0 Å². The number of carbonyl (C=O) groups is 5. The van der Waals surface area contributed by atoms with E-state index in [-0.39, 0.29) is 0 Å². The molecular formula is C22H33NO15. The van der Waals surface area contributed by atoms with E-state index in [0.717, 1.165) is 34.6 Å². The van der Waals surface area contributed by atoms with E-state index in [1.807, 2.05) is 0 Å². The quantitative estimate of drug-likeness (QED) is 0.166. The van der Waals surface area contributed by atoms with Crippen molar-refractivity contribution in [2.45, 2.75) is 96.0 Å². The third kappa shape index (κ3) is 8.31. The van der Waals surface area contributed by atoms with E-state index in [1.165, 1.54) is 0 Å². The molecule has 16 heteroatoms. The second kappa shape index (κ2) is 13.8. The largest absolute Gasteiger partial charge is 0.463 e. The molecule has 2 heterocycles. The highest BCUT2D eigenvalue weighted by molar-refractivity contribution is 5.73. The SMILES string of the molecule is CC(=O)N[C@H]1[C@H](O[C@@H]2O[C@@H](COC(C)=O)[C@H](OC(C)=O)[C@H](OC(C)=O)[C@@H]2OC(C)=O)[C@H](O)[C@@H](CO)O[C@H]1O. The van der Waals surface area contributed by atoms with E-state index in [4.69, 9.17) is 33.2 Å². The van der Waals surface area contributed by atoms with Crippen molar-refractivity contribution in [2.75, 3.05) is 13.2 Å². The maximum Gasteiger partial charge on any atom is 0.303 e. The van der Waals surface area contributed by atoms with Gasteiger partial charge in [0.25, 0.3) is 0 Å². The topological polar surface area (TPSA) is 223 Å². The van der Waals surface area contributed by atoms with Crippen LogP contribution in [0.4, 0.5) is 0 Å². The highest BCUT2D eigenvalue weighted by atomic mass is 16.7. The monoisotopic (exact) mass is 551 g/mol. The lowest BCUT2D eigenvalue weighted by atomic mass is 9.95.